The van der Waals surface area contributed by atoms with E-state index in [0.29, 0.717) is 12.4 Å². The van der Waals surface area contributed by atoms with E-state index in [-0.39, 0.29) is 5.56 Å². The van der Waals surface area contributed by atoms with E-state index in [1.165, 1.54) is 24.3 Å². The summed E-state index contributed by atoms with van der Waals surface area (Å²) in [6.45, 7) is 2.94. The number of carbonyl (C=O) groups is 1. The number of alkyl halides is 2. The van der Waals surface area contributed by atoms with E-state index >= 15 is 0 Å². The van der Waals surface area contributed by atoms with Crippen LogP contribution in [0.25, 0.3) is 0 Å². The summed E-state index contributed by atoms with van der Waals surface area (Å²) in [5.41, 5.74) is -2.98. The molecule has 0 bridgehead atoms. The molecule has 1 aromatic rings. The van der Waals surface area contributed by atoms with Crippen molar-refractivity contribution in [1.82, 2.24) is 0 Å². The topological polar surface area (TPSA) is 66.8 Å². The summed E-state index contributed by atoms with van der Waals surface area (Å²) in [6.07, 6.45) is 0. The van der Waals surface area contributed by atoms with Crippen LogP contribution < -0.4 is 4.74 Å². The minimum atomic E-state index is -4.28. The van der Waals surface area contributed by atoms with E-state index < -0.39 is 17.5 Å². The molecule has 1 atom stereocenters. The third-order valence-electron chi connectivity index (χ3n) is 2.61. The van der Waals surface area contributed by atoms with Crippen molar-refractivity contribution in [3.05, 3.63) is 29.8 Å². The fourth-order valence-corrected chi connectivity index (χ4v) is 1.43. The first kappa shape index (κ1) is 14.4. The molecule has 0 spiro atoms. The number of aliphatic carboxylic acids is 1. The lowest BCUT2D eigenvalue weighted by Crippen LogP contribution is -2.48. The molecule has 4 nitrogen and oxygen atoms in total. The van der Waals surface area contributed by atoms with Gasteiger partial charge in [-0.3, -0.25) is 0 Å². The molecule has 0 saturated heterocycles. The maximum absolute atomic E-state index is 13.4. The number of benzene rings is 1. The van der Waals surface area contributed by atoms with Crippen LogP contribution >= 0.6 is 0 Å². The average molecular weight is 260 g/mol. The van der Waals surface area contributed by atoms with Crippen LogP contribution in [0.15, 0.2) is 24.3 Å². The molecule has 0 fully saturated rings. The van der Waals surface area contributed by atoms with Crippen molar-refractivity contribution in [3.63, 3.8) is 0 Å². The van der Waals surface area contributed by atoms with Crippen LogP contribution in [0, 0.1) is 0 Å². The van der Waals surface area contributed by atoms with Gasteiger partial charge in [-0.15, -0.1) is 0 Å². The van der Waals surface area contributed by atoms with Gasteiger partial charge in [0, 0.05) is 0 Å². The monoisotopic (exact) mass is 260 g/mol. The molecule has 1 unspecified atom stereocenters. The minimum absolute atomic E-state index is 0.196. The molecular weight excluding hydrogens is 246 g/mol. The van der Waals surface area contributed by atoms with Gasteiger partial charge in [0.2, 0.25) is 0 Å². The molecule has 2 N–H and O–H groups in total. The normalized spacial score (nSPS) is 14.9. The Morgan fingerprint density at radius 2 is 1.83 bits per heavy atom. The van der Waals surface area contributed by atoms with Gasteiger partial charge in [-0.2, -0.15) is 8.78 Å². The van der Waals surface area contributed by atoms with E-state index in [9.17, 15) is 18.7 Å². The standard InChI is InChI=1S/C12H14F2O4/c1-3-18-9-6-4-8(5-7-9)11(2,17)12(13,14)10(15)16/h4-7,17H,3H2,1-2H3,(H,15,16). The Bertz CT molecular complexity index is 426. The zero-order chi connectivity index (χ0) is 14.0. The van der Waals surface area contributed by atoms with Crippen molar-refractivity contribution >= 4 is 5.97 Å². The molecular formula is C12H14F2O4. The smallest absolute Gasteiger partial charge is 0.378 e. The highest BCUT2D eigenvalue weighted by Crippen LogP contribution is 2.38. The number of carboxylic acids is 1. The Kier molecular flexibility index (Phi) is 3.91. The summed E-state index contributed by atoms with van der Waals surface area (Å²) in [6, 6.07) is 5.21. The largest absolute Gasteiger partial charge is 0.494 e. The first-order chi connectivity index (χ1) is 8.23. The highest BCUT2D eigenvalue weighted by Gasteiger charge is 2.56. The van der Waals surface area contributed by atoms with Gasteiger partial charge in [0.15, 0.2) is 5.60 Å². The van der Waals surface area contributed by atoms with Gasteiger partial charge in [-0.25, -0.2) is 4.79 Å². The SMILES string of the molecule is CCOc1ccc(C(C)(O)C(F)(F)C(=O)O)cc1. The van der Waals surface area contributed by atoms with Gasteiger partial charge < -0.3 is 14.9 Å². The van der Waals surface area contributed by atoms with Gasteiger partial charge in [-0.05, 0) is 31.5 Å². The van der Waals surface area contributed by atoms with E-state index in [4.69, 9.17) is 9.84 Å². The second kappa shape index (κ2) is 4.89. The van der Waals surface area contributed by atoms with Crippen LogP contribution in [0.1, 0.15) is 19.4 Å². The summed E-state index contributed by atoms with van der Waals surface area (Å²) in [5.74, 6) is -6.20. The van der Waals surface area contributed by atoms with E-state index in [1.54, 1.807) is 6.92 Å². The van der Waals surface area contributed by atoms with Gasteiger partial charge in [0.05, 0.1) is 6.61 Å². The van der Waals surface area contributed by atoms with Crippen molar-refractivity contribution in [2.75, 3.05) is 6.61 Å². The Balaban J connectivity index is 3.08. The molecule has 0 aliphatic carbocycles. The Hall–Kier alpha value is -1.69. The minimum Gasteiger partial charge on any atom is -0.494 e. The lowest BCUT2D eigenvalue weighted by molar-refractivity contribution is -0.207. The number of ether oxygens (including phenoxy) is 1. The predicted octanol–water partition coefficient (Wildman–Crippen LogP) is 2.01. The summed E-state index contributed by atoms with van der Waals surface area (Å²) in [7, 11) is 0. The molecule has 1 aromatic carbocycles. The number of halogens is 2. The summed E-state index contributed by atoms with van der Waals surface area (Å²) in [4.78, 5) is 10.5. The first-order valence-electron chi connectivity index (χ1n) is 5.30. The highest BCUT2D eigenvalue weighted by molar-refractivity contribution is 5.77. The van der Waals surface area contributed by atoms with Crippen LogP contribution in [-0.2, 0) is 10.4 Å². The maximum Gasteiger partial charge on any atom is 0.378 e. The summed E-state index contributed by atoms with van der Waals surface area (Å²) in [5, 5.41) is 18.2. The van der Waals surface area contributed by atoms with E-state index in [2.05, 4.69) is 0 Å². The number of hydrogen-bond acceptors (Lipinski definition) is 3. The Morgan fingerprint density at radius 1 is 1.33 bits per heavy atom. The van der Waals surface area contributed by atoms with Crippen LogP contribution in [0.5, 0.6) is 5.75 Å². The van der Waals surface area contributed by atoms with Crippen molar-refractivity contribution in [1.29, 1.82) is 0 Å². The maximum atomic E-state index is 13.4. The summed E-state index contributed by atoms with van der Waals surface area (Å²) >= 11 is 0. The van der Waals surface area contributed by atoms with Crippen molar-refractivity contribution in [2.24, 2.45) is 0 Å². The zero-order valence-corrected chi connectivity index (χ0v) is 9.98. The predicted molar refractivity (Wildman–Crippen MR) is 59.8 cm³/mol. The van der Waals surface area contributed by atoms with Gasteiger partial charge in [0.1, 0.15) is 5.75 Å². The number of carboxylic acid groups (broad SMARTS) is 1. The highest BCUT2D eigenvalue weighted by atomic mass is 19.3. The number of aliphatic hydroxyl groups is 1. The third kappa shape index (κ3) is 2.43. The molecule has 0 radical (unpaired) electrons. The van der Waals surface area contributed by atoms with Crippen LogP contribution in [0.3, 0.4) is 0 Å². The van der Waals surface area contributed by atoms with Crippen molar-refractivity contribution in [3.8, 4) is 5.75 Å². The lowest BCUT2D eigenvalue weighted by Gasteiger charge is -2.29. The molecule has 0 aliphatic heterocycles. The molecule has 0 amide bonds. The molecule has 0 aromatic heterocycles. The molecule has 0 saturated carbocycles. The Labute approximate surface area is 103 Å². The van der Waals surface area contributed by atoms with E-state index in [0.717, 1.165) is 6.92 Å². The van der Waals surface area contributed by atoms with Crippen LogP contribution in [0.4, 0.5) is 8.78 Å². The van der Waals surface area contributed by atoms with Crippen LogP contribution in [-0.4, -0.2) is 28.7 Å². The second-order valence-corrected chi connectivity index (χ2v) is 3.91. The fraction of sp³-hybridized carbons (Fsp3) is 0.417. The second-order valence-electron chi connectivity index (χ2n) is 3.91. The Morgan fingerprint density at radius 3 is 2.22 bits per heavy atom. The van der Waals surface area contributed by atoms with E-state index in [1.807, 2.05) is 0 Å². The zero-order valence-electron chi connectivity index (χ0n) is 9.98. The van der Waals surface area contributed by atoms with Crippen molar-refractivity contribution in [2.45, 2.75) is 25.4 Å². The average Bonchev–Trinajstić information content (AvgIpc) is 2.29. The molecule has 100 valence electrons. The van der Waals surface area contributed by atoms with Gasteiger partial charge in [-0.1, -0.05) is 12.1 Å². The summed E-state index contributed by atoms with van der Waals surface area (Å²) < 4.78 is 31.9. The van der Waals surface area contributed by atoms with Crippen LogP contribution in [0.2, 0.25) is 0 Å². The molecule has 0 heterocycles. The molecule has 0 aliphatic rings. The number of hydrogen-bond donors (Lipinski definition) is 2. The fourth-order valence-electron chi connectivity index (χ4n) is 1.43. The van der Waals surface area contributed by atoms with Gasteiger partial charge >= 0.3 is 11.9 Å². The molecule has 6 heteroatoms. The first-order valence-corrected chi connectivity index (χ1v) is 5.30. The molecule has 18 heavy (non-hydrogen) atoms. The lowest BCUT2D eigenvalue weighted by atomic mass is 9.89. The molecule has 1 rings (SSSR count). The number of rotatable bonds is 5. The quantitative estimate of drug-likeness (QED) is 0.849. The van der Waals surface area contributed by atoms with Crippen molar-refractivity contribution < 1.29 is 28.5 Å². The third-order valence-corrected chi connectivity index (χ3v) is 2.61. The van der Waals surface area contributed by atoms with Gasteiger partial charge in [0.25, 0.3) is 0 Å².